The summed E-state index contributed by atoms with van der Waals surface area (Å²) in [6, 6.07) is 8.58. The van der Waals surface area contributed by atoms with E-state index in [1.807, 2.05) is 6.07 Å². The molecule has 23 heavy (non-hydrogen) atoms. The average Bonchev–Trinajstić information content (AvgIpc) is 2.85. The zero-order valence-electron chi connectivity index (χ0n) is 13.2. The van der Waals surface area contributed by atoms with E-state index in [4.69, 9.17) is 4.74 Å². The van der Waals surface area contributed by atoms with Crippen molar-refractivity contribution in [2.75, 3.05) is 24.6 Å². The Balaban J connectivity index is 1.69. The monoisotopic (exact) mass is 314 g/mol. The van der Waals surface area contributed by atoms with Crippen LogP contribution >= 0.6 is 0 Å². The van der Waals surface area contributed by atoms with Gasteiger partial charge >= 0.3 is 6.09 Å². The van der Waals surface area contributed by atoms with E-state index in [9.17, 15) is 9.59 Å². The van der Waals surface area contributed by atoms with E-state index >= 15 is 0 Å². The lowest BCUT2D eigenvalue weighted by Crippen LogP contribution is -2.52. The maximum absolute atomic E-state index is 13.0. The van der Waals surface area contributed by atoms with Crippen LogP contribution < -0.4 is 4.90 Å². The fraction of sp³-hybridized carbons (Fsp3) is 0.556. The molecule has 0 radical (unpaired) electrons. The Kier molecular flexibility index (Phi) is 3.71. The first-order valence-corrected chi connectivity index (χ1v) is 8.58. The highest BCUT2D eigenvalue weighted by molar-refractivity contribution is 5.95. The van der Waals surface area contributed by atoms with Crippen molar-refractivity contribution in [3.8, 4) is 0 Å². The molecule has 5 nitrogen and oxygen atoms in total. The summed E-state index contributed by atoms with van der Waals surface area (Å²) in [6.07, 6.45) is 4.79. The van der Waals surface area contributed by atoms with Gasteiger partial charge in [0.25, 0.3) is 0 Å². The molecule has 3 aliphatic rings. The van der Waals surface area contributed by atoms with Gasteiger partial charge in [0.1, 0.15) is 6.61 Å². The largest absolute Gasteiger partial charge is 0.447 e. The van der Waals surface area contributed by atoms with Gasteiger partial charge in [-0.1, -0.05) is 31.0 Å². The lowest BCUT2D eigenvalue weighted by molar-refractivity contribution is -0.132. The van der Waals surface area contributed by atoms with Crippen LogP contribution in [0.2, 0.25) is 0 Å². The molecular formula is C18H22N2O3. The molecule has 3 aliphatic heterocycles. The molecule has 0 aromatic heterocycles. The first kappa shape index (κ1) is 14.5. The highest BCUT2D eigenvalue weighted by Gasteiger charge is 2.43. The van der Waals surface area contributed by atoms with E-state index in [1.165, 1.54) is 22.6 Å². The predicted octanol–water partition coefficient (Wildman–Crippen LogP) is 2.59. The molecule has 2 amide bonds. The van der Waals surface area contributed by atoms with E-state index < -0.39 is 6.09 Å². The second-order valence-electron chi connectivity index (χ2n) is 6.65. The number of rotatable bonds is 1. The summed E-state index contributed by atoms with van der Waals surface area (Å²) < 4.78 is 4.96. The SMILES string of the molecule is O=C1OCCN1C(=O)[C@@H]1Cc2ccccc2N2CCCCC[C@@H]12. The zero-order valence-corrected chi connectivity index (χ0v) is 13.2. The van der Waals surface area contributed by atoms with Gasteiger partial charge in [-0.15, -0.1) is 0 Å². The summed E-state index contributed by atoms with van der Waals surface area (Å²) >= 11 is 0. The molecule has 2 fully saturated rings. The molecule has 2 atom stereocenters. The summed E-state index contributed by atoms with van der Waals surface area (Å²) in [5.41, 5.74) is 2.49. The number of hydrogen-bond donors (Lipinski definition) is 0. The van der Waals surface area contributed by atoms with Crippen LogP contribution in [0, 0.1) is 5.92 Å². The number of amides is 2. The molecule has 1 aromatic rings. The summed E-state index contributed by atoms with van der Waals surface area (Å²) in [7, 11) is 0. The van der Waals surface area contributed by atoms with Crippen molar-refractivity contribution in [2.45, 2.75) is 38.1 Å². The molecule has 0 N–H and O–H groups in total. The number of para-hydroxylation sites is 1. The second kappa shape index (κ2) is 5.87. The van der Waals surface area contributed by atoms with Gasteiger partial charge in [0.05, 0.1) is 12.5 Å². The number of carbonyl (C=O) groups excluding carboxylic acids is 2. The van der Waals surface area contributed by atoms with Crippen molar-refractivity contribution in [1.29, 1.82) is 0 Å². The zero-order chi connectivity index (χ0) is 15.8. The van der Waals surface area contributed by atoms with Crippen LogP contribution in [0.25, 0.3) is 0 Å². The lowest BCUT2D eigenvalue weighted by Gasteiger charge is -2.43. The molecule has 5 heteroatoms. The van der Waals surface area contributed by atoms with Crippen molar-refractivity contribution < 1.29 is 14.3 Å². The van der Waals surface area contributed by atoms with Crippen LogP contribution in [0.1, 0.15) is 31.2 Å². The standard InChI is InChI=1S/C18H22N2O3/c21-17(20-10-11-23-18(20)22)14-12-13-6-3-4-7-15(13)19-9-5-1-2-8-16(14)19/h3-4,6-7,14,16H,1-2,5,8-12H2/t14-,16+/m1/s1. The van der Waals surface area contributed by atoms with E-state index in [0.717, 1.165) is 32.2 Å². The van der Waals surface area contributed by atoms with E-state index in [2.05, 4.69) is 23.1 Å². The highest BCUT2D eigenvalue weighted by Crippen LogP contribution is 2.38. The van der Waals surface area contributed by atoms with Crippen molar-refractivity contribution in [2.24, 2.45) is 5.92 Å². The topological polar surface area (TPSA) is 49.9 Å². The number of benzene rings is 1. The third kappa shape index (κ3) is 2.48. The van der Waals surface area contributed by atoms with Crippen molar-refractivity contribution in [3.63, 3.8) is 0 Å². The van der Waals surface area contributed by atoms with Crippen LogP contribution in [-0.4, -0.2) is 42.6 Å². The minimum absolute atomic E-state index is 0.0566. The Morgan fingerprint density at radius 1 is 1.13 bits per heavy atom. The van der Waals surface area contributed by atoms with Gasteiger partial charge < -0.3 is 9.64 Å². The molecule has 122 valence electrons. The van der Waals surface area contributed by atoms with Crippen LogP contribution in [0.15, 0.2) is 24.3 Å². The Bertz CT molecular complexity index is 630. The number of hydrogen-bond acceptors (Lipinski definition) is 4. The fourth-order valence-electron chi connectivity index (χ4n) is 4.23. The van der Waals surface area contributed by atoms with Gasteiger partial charge in [0, 0.05) is 18.3 Å². The number of ether oxygens (including phenoxy) is 1. The first-order valence-electron chi connectivity index (χ1n) is 8.58. The molecule has 1 aromatic carbocycles. The van der Waals surface area contributed by atoms with Gasteiger partial charge in [0.15, 0.2) is 0 Å². The highest BCUT2D eigenvalue weighted by atomic mass is 16.6. The summed E-state index contributed by atoms with van der Waals surface area (Å²) in [5.74, 6) is -0.201. The summed E-state index contributed by atoms with van der Waals surface area (Å²) in [5, 5.41) is 0. The van der Waals surface area contributed by atoms with Crippen molar-refractivity contribution in [3.05, 3.63) is 29.8 Å². The number of imide groups is 1. The minimum atomic E-state index is -0.478. The normalized spacial score (nSPS) is 27.0. The fourth-order valence-corrected chi connectivity index (χ4v) is 4.23. The Hall–Kier alpha value is -2.04. The molecule has 3 heterocycles. The second-order valence-corrected chi connectivity index (χ2v) is 6.65. The molecule has 0 bridgehead atoms. The molecule has 0 saturated carbocycles. The van der Waals surface area contributed by atoms with Crippen LogP contribution in [0.5, 0.6) is 0 Å². The van der Waals surface area contributed by atoms with Crippen molar-refractivity contribution in [1.82, 2.24) is 4.90 Å². The van der Waals surface area contributed by atoms with Gasteiger partial charge in [-0.3, -0.25) is 4.79 Å². The molecular weight excluding hydrogens is 292 g/mol. The third-order valence-electron chi connectivity index (χ3n) is 5.35. The Morgan fingerprint density at radius 2 is 2.00 bits per heavy atom. The smallest absolute Gasteiger partial charge is 0.416 e. The van der Waals surface area contributed by atoms with Gasteiger partial charge in [-0.25, -0.2) is 9.69 Å². The maximum atomic E-state index is 13.0. The number of carbonyl (C=O) groups is 2. The van der Waals surface area contributed by atoms with Crippen LogP contribution in [0.4, 0.5) is 10.5 Å². The molecule has 0 aliphatic carbocycles. The first-order chi connectivity index (χ1) is 11.3. The number of cyclic esters (lactones) is 1. The van der Waals surface area contributed by atoms with Gasteiger partial charge in [-0.2, -0.15) is 0 Å². The number of nitrogens with zero attached hydrogens (tertiary/aromatic N) is 2. The van der Waals surface area contributed by atoms with E-state index in [0.29, 0.717) is 13.2 Å². The molecule has 4 rings (SSSR count). The Morgan fingerprint density at radius 3 is 2.83 bits per heavy atom. The summed E-state index contributed by atoms with van der Waals surface area (Å²) in [4.78, 5) is 28.5. The summed E-state index contributed by atoms with van der Waals surface area (Å²) in [6.45, 7) is 1.71. The number of fused-ring (bicyclic) bond motifs is 3. The van der Waals surface area contributed by atoms with Crippen LogP contribution in [-0.2, 0) is 16.0 Å². The maximum Gasteiger partial charge on any atom is 0.416 e. The van der Waals surface area contributed by atoms with Gasteiger partial charge in [-0.05, 0) is 30.9 Å². The van der Waals surface area contributed by atoms with Crippen LogP contribution in [0.3, 0.4) is 0 Å². The molecule has 2 saturated heterocycles. The molecule has 0 unspecified atom stereocenters. The van der Waals surface area contributed by atoms with E-state index in [1.54, 1.807) is 0 Å². The Labute approximate surface area is 136 Å². The lowest BCUT2D eigenvalue weighted by atomic mass is 9.83. The van der Waals surface area contributed by atoms with Crippen molar-refractivity contribution >= 4 is 17.7 Å². The quantitative estimate of drug-likeness (QED) is 0.799. The average molecular weight is 314 g/mol. The third-order valence-corrected chi connectivity index (χ3v) is 5.35. The van der Waals surface area contributed by atoms with Gasteiger partial charge in [0.2, 0.25) is 5.91 Å². The molecule has 0 spiro atoms. The minimum Gasteiger partial charge on any atom is -0.447 e. The van der Waals surface area contributed by atoms with E-state index in [-0.39, 0.29) is 17.9 Å². The number of anilines is 1. The predicted molar refractivity (Wildman–Crippen MR) is 86.3 cm³/mol.